The number of rotatable bonds is 40. The number of hydrogen-bond donors (Lipinski definition) is 0. The van der Waals surface area contributed by atoms with Crippen LogP contribution in [0.3, 0.4) is 0 Å². The molecule has 0 heterocycles. The number of ether oxygens (including phenoxy) is 3. The van der Waals surface area contributed by atoms with Crippen molar-refractivity contribution in [3.8, 4) is 0 Å². The highest BCUT2D eigenvalue weighted by molar-refractivity contribution is 5.71. The monoisotopic (exact) mass is 745 g/mol. The average molecular weight is 745 g/mol. The van der Waals surface area contributed by atoms with Gasteiger partial charge in [-0.2, -0.15) is 0 Å². The van der Waals surface area contributed by atoms with Crippen molar-refractivity contribution in [2.45, 2.75) is 232 Å². The summed E-state index contributed by atoms with van der Waals surface area (Å²) in [5.74, 6) is -0.904. The van der Waals surface area contributed by atoms with Gasteiger partial charge >= 0.3 is 17.9 Å². The largest absolute Gasteiger partial charge is 0.462 e. The van der Waals surface area contributed by atoms with Gasteiger partial charge < -0.3 is 14.2 Å². The zero-order valence-electron chi connectivity index (χ0n) is 35.0. The molecule has 0 saturated heterocycles. The molecule has 1 atom stereocenters. The van der Waals surface area contributed by atoms with E-state index in [2.05, 4.69) is 57.2 Å². The Morgan fingerprint density at radius 2 is 0.717 bits per heavy atom. The fourth-order valence-corrected chi connectivity index (χ4v) is 6.18. The highest BCUT2D eigenvalue weighted by Gasteiger charge is 2.19. The SMILES string of the molecule is CCC/C=C\C/C=C\CCCCCCCC(=O)OCC(COC(=O)CCCCCCCCCCC)OC(=O)CCCCCCC/C=C\CCCCCC. The van der Waals surface area contributed by atoms with Gasteiger partial charge in [-0.3, -0.25) is 14.4 Å². The lowest BCUT2D eigenvalue weighted by atomic mass is 10.1. The molecular weight excluding hydrogens is 661 g/mol. The highest BCUT2D eigenvalue weighted by atomic mass is 16.6. The molecule has 0 bridgehead atoms. The minimum absolute atomic E-state index is 0.0785. The first-order valence-electron chi connectivity index (χ1n) is 22.5. The van der Waals surface area contributed by atoms with Crippen LogP contribution in [0.4, 0.5) is 0 Å². The minimum atomic E-state index is -0.775. The van der Waals surface area contributed by atoms with Crippen LogP contribution in [-0.4, -0.2) is 37.2 Å². The first-order valence-corrected chi connectivity index (χ1v) is 22.5. The summed E-state index contributed by atoms with van der Waals surface area (Å²) >= 11 is 0. The number of unbranched alkanes of at least 4 members (excludes halogenated alkanes) is 23. The number of carbonyl (C=O) groups is 3. The van der Waals surface area contributed by atoms with Crippen molar-refractivity contribution in [3.63, 3.8) is 0 Å². The minimum Gasteiger partial charge on any atom is -0.462 e. The molecule has 0 radical (unpaired) electrons. The fraction of sp³-hybridized carbons (Fsp3) is 0.809. The van der Waals surface area contributed by atoms with E-state index in [1.54, 1.807) is 0 Å². The summed E-state index contributed by atoms with van der Waals surface area (Å²) < 4.78 is 16.7. The molecular formula is C47H84O6. The van der Waals surface area contributed by atoms with Gasteiger partial charge in [0.25, 0.3) is 0 Å². The summed E-state index contributed by atoms with van der Waals surface area (Å²) in [7, 11) is 0. The lowest BCUT2D eigenvalue weighted by molar-refractivity contribution is -0.167. The number of allylic oxidation sites excluding steroid dienone is 6. The molecule has 6 nitrogen and oxygen atoms in total. The molecule has 0 N–H and O–H groups in total. The van der Waals surface area contributed by atoms with Crippen LogP contribution >= 0.6 is 0 Å². The molecule has 0 aromatic carbocycles. The van der Waals surface area contributed by atoms with E-state index in [9.17, 15) is 14.4 Å². The second-order valence-corrected chi connectivity index (χ2v) is 15.0. The molecule has 0 aliphatic carbocycles. The summed E-state index contributed by atoms with van der Waals surface area (Å²) in [5.41, 5.74) is 0. The van der Waals surface area contributed by atoms with Crippen molar-refractivity contribution < 1.29 is 28.6 Å². The first-order chi connectivity index (χ1) is 26.0. The molecule has 308 valence electrons. The Balaban J connectivity index is 4.39. The molecule has 0 amide bonds. The third-order valence-corrected chi connectivity index (χ3v) is 9.60. The second kappa shape index (κ2) is 42.4. The molecule has 0 fully saturated rings. The van der Waals surface area contributed by atoms with E-state index >= 15 is 0 Å². The molecule has 0 aliphatic rings. The van der Waals surface area contributed by atoms with E-state index in [-0.39, 0.29) is 31.1 Å². The maximum absolute atomic E-state index is 12.7. The Bertz CT molecular complexity index is 907. The predicted molar refractivity (Wildman–Crippen MR) is 224 cm³/mol. The van der Waals surface area contributed by atoms with Gasteiger partial charge in [0.05, 0.1) is 0 Å². The summed E-state index contributed by atoms with van der Waals surface area (Å²) in [6.45, 7) is 6.51. The maximum atomic E-state index is 12.7. The van der Waals surface area contributed by atoms with Gasteiger partial charge in [-0.25, -0.2) is 0 Å². The summed E-state index contributed by atoms with van der Waals surface area (Å²) in [6.07, 6.45) is 46.9. The van der Waals surface area contributed by atoms with Crippen LogP contribution in [0.25, 0.3) is 0 Å². The van der Waals surface area contributed by atoms with Crippen LogP contribution < -0.4 is 0 Å². The zero-order chi connectivity index (χ0) is 38.7. The number of esters is 3. The third-order valence-electron chi connectivity index (χ3n) is 9.60. The lowest BCUT2D eigenvalue weighted by Crippen LogP contribution is -2.30. The van der Waals surface area contributed by atoms with Crippen molar-refractivity contribution >= 4 is 17.9 Å². The Morgan fingerprint density at radius 3 is 1.15 bits per heavy atom. The normalized spacial score (nSPS) is 12.3. The maximum Gasteiger partial charge on any atom is 0.306 e. The van der Waals surface area contributed by atoms with E-state index in [4.69, 9.17) is 14.2 Å². The molecule has 0 aliphatic heterocycles. The molecule has 0 aromatic heterocycles. The van der Waals surface area contributed by atoms with Crippen LogP contribution in [0, 0.1) is 0 Å². The molecule has 0 aromatic rings. The van der Waals surface area contributed by atoms with Crippen LogP contribution in [-0.2, 0) is 28.6 Å². The van der Waals surface area contributed by atoms with Gasteiger partial charge in [0.15, 0.2) is 6.10 Å². The van der Waals surface area contributed by atoms with Crippen LogP contribution in [0.2, 0.25) is 0 Å². The second-order valence-electron chi connectivity index (χ2n) is 15.0. The lowest BCUT2D eigenvalue weighted by Gasteiger charge is -2.18. The average Bonchev–Trinajstić information content (AvgIpc) is 3.15. The summed E-state index contributed by atoms with van der Waals surface area (Å²) in [6, 6.07) is 0. The Kier molecular flexibility index (Phi) is 40.5. The third kappa shape index (κ3) is 40.6. The van der Waals surface area contributed by atoms with Crippen LogP contribution in [0.5, 0.6) is 0 Å². The zero-order valence-corrected chi connectivity index (χ0v) is 35.0. The van der Waals surface area contributed by atoms with Crippen molar-refractivity contribution in [2.24, 2.45) is 0 Å². The fourth-order valence-electron chi connectivity index (χ4n) is 6.18. The highest BCUT2D eigenvalue weighted by Crippen LogP contribution is 2.14. The van der Waals surface area contributed by atoms with Crippen molar-refractivity contribution in [1.82, 2.24) is 0 Å². The standard InChI is InChI=1S/C47H84O6/c1-4-7-10-13-16-19-21-23-25-28-31-34-37-40-46(49)52-43-44(42-51-45(48)39-36-33-30-27-18-15-12-9-6-3)53-47(50)41-38-35-32-29-26-24-22-20-17-14-11-8-5-2/h10,13,19-22,44H,4-9,11-12,14-18,23-43H2,1-3H3/b13-10-,21-19-,22-20-. The predicted octanol–water partition coefficient (Wildman–Crippen LogP) is 14.2. The van der Waals surface area contributed by atoms with Gasteiger partial charge in [0.1, 0.15) is 13.2 Å². The van der Waals surface area contributed by atoms with Gasteiger partial charge in [-0.1, -0.05) is 173 Å². The number of hydrogen-bond acceptors (Lipinski definition) is 6. The van der Waals surface area contributed by atoms with Crippen LogP contribution in [0.1, 0.15) is 226 Å². The van der Waals surface area contributed by atoms with Crippen molar-refractivity contribution in [3.05, 3.63) is 36.5 Å². The molecule has 6 heteroatoms. The quantitative estimate of drug-likeness (QED) is 0.0269. The van der Waals surface area contributed by atoms with Gasteiger partial charge in [0, 0.05) is 19.3 Å². The summed E-state index contributed by atoms with van der Waals surface area (Å²) in [5, 5.41) is 0. The molecule has 0 rings (SSSR count). The van der Waals surface area contributed by atoms with E-state index in [1.807, 2.05) is 0 Å². The van der Waals surface area contributed by atoms with Gasteiger partial charge in [-0.15, -0.1) is 0 Å². The molecule has 0 spiro atoms. The van der Waals surface area contributed by atoms with E-state index in [0.29, 0.717) is 19.3 Å². The Labute approximate surface area is 327 Å². The van der Waals surface area contributed by atoms with E-state index in [1.165, 1.54) is 89.9 Å². The Morgan fingerprint density at radius 1 is 0.377 bits per heavy atom. The van der Waals surface area contributed by atoms with Crippen LogP contribution in [0.15, 0.2) is 36.5 Å². The molecule has 0 saturated carbocycles. The smallest absolute Gasteiger partial charge is 0.306 e. The van der Waals surface area contributed by atoms with Crippen molar-refractivity contribution in [2.75, 3.05) is 13.2 Å². The molecule has 53 heavy (non-hydrogen) atoms. The first kappa shape index (κ1) is 50.6. The molecule has 1 unspecified atom stereocenters. The van der Waals surface area contributed by atoms with Gasteiger partial charge in [-0.05, 0) is 70.6 Å². The van der Waals surface area contributed by atoms with Crippen molar-refractivity contribution in [1.29, 1.82) is 0 Å². The van der Waals surface area contributed by atoms with E-state index < -0.39 is 6.10 Å². The van der Waals surface area contributed by atoms with E-state index in [0.717, 1.165) is 96.3 Å². The Hall–Kier alpha value is -2.37. The topological polar surface area (TPSA) is 78.9 Å². The number of carbonyl (C=O) groups excluding carboxylic acids is 3. The van der Waals surface area contributed by atoms with Gasteiger partial charge in [0.2, 0.25) is 0 Å². The summed E-state index contributed by atoms with van der Waals surface area (Å²) in [4.78, 5) is 37.6.